The van der Waals surface area contributed by atoms with Gasteiger partial charge in [0.25, 0.3) is 0 Å². The number of carbonyl (C=O) groups is 3. The van der Waals surface area contributed by atoms with E-state index in [0.717, 1.165) is 57.8 Å². The molecular formula is C58H99NO8. The van der Waals surface area contributed by atoms with E-state index in [4.69, 9.17) is 18.9 Å². The summed E-state index contributed by atoms with van der Waals surface area (Å²) >= 11 is 0. The number of esters is 2. The number of nitrogens with zero attached hydrogens (tertiary/aromatic N) is 1. The Bertz CT molecular complexity index is 1370. The Hall–Kier alpha value is -3.53. The number of rotatable bonds is 48. The van der Waals surface area contributed by atoms with Crippen LogP contribution in [-0.4, -0.2) is 82.3 Å². The first-order chi connectivity index (χ1) is 32.6. The lowest BCUT2D eigenvalue weighted by molar-refractivity contribution is -0.870. The van der Waals surface area contributed by atoms with Gasteiger partial charge in [-0.05, 0) is 77.0 Å². The monoisotopic (exact) mass is 938 g/mol. The molecule has 0 heterocycles. The Balaban J connectivity index is 4.22. The van der Waals surface area contributed by atoms with E-state index in [9.17, 15) is 19.5 Å². The summed E-state index contributed by atoms with van der Waals surface area (Å²) in [6, 6.07) is 0. The SMILES string of the molecule is CC/C=C\C/C=C\C/C=C\C/C=C\CCC(=O)OC(COC(=O)CCCCCCCCCCCCCCCC/C=C\C/C=C\C/C=C\CCCCCCC)COC(OCC[N+](C)(C)C)C(=O)[O-]. The van der Waals surface area contributed by atoms with Crippen molar-refractivity contribution in [3.8, 4) is 0 Å². The van der Waals surface area contributed by atoms with Gasteiger partial charge in [0.2, 0.25) is 0 Å². The number of unbranched alkanes of at least 4 members (excludes halogenated alkanes) is 19. The smallest absolute Gasteiger partial charge is 0.306 e. The molecular weight excluding hydrogens is 839 g/mol. The molecule has 2 unspecified atom stereocenters. The second kappa shape index (κ2) is 48.9. The number of aliphatic carboxylic acids is 1. The summed E-state index contributed by atoms with van der Waals surface area (Å²) in [5.41, 5.74) is 0. The maximum absolute atomic E-state index is 12.7. The lowest BCUT2D eigenvalue weighted by Gasteiger charge is -2.26. The van der Waals surface area contributed by atoms with E-state index >= 15 is 0 Å². The molecule has 9 heteroatoms. The van der Waals surface area contributed by atoms with Gasteiger partial charge in [0.05, 0.1) is 40.3 Å². The number of carboxylic acids is 1. The normalized spacial score (nSPS) is 13.5. The summed E-state index contributed by atoms with van der Waals surface area (Å²) < 4.78 is 22.5. The highest BCUT2D eigenvalue weighted by Gasteiger charge is 2.21. The van der Waals surface area contributed by atoms with Crippen molar-refractivity contribution in [2.24, 2.45) is 0 Å². The molecule has 0 aromatic rings. The number of hydrogen-bond acceptors (Lipinski definition) is 8. The van der Waals surface area contributed by atoms with E-state index in [2.05, 4.69) is 86.8 Å². The summed E-state index contributed by atoms with van der Waals surface area (Å²) in [7, 11) is 5.88. The summed E-state index contributed by atoms with van der Waals surface area (Å²) in [6.45, 7) is 4.52. The van der Waals surface area contributed by atoms with E-state index in [1.165, 1.54) is 116 Å². The molecule has 67 heavy (non-hydrogen) atoms. The van der Waals surface area contributed by atoms with Crippen LogP contribution in [0.3, 0.4) is 0 Å². The van der Waals surface area contributed by atoms with Crippen molar-refractivity contribution in [3.63, 3.8) is 0 Å². The minimum absolute atomic E-state index is 0.123. The number of allylic oxidation sites excluding steroid dienone is 14. The average Bonchev–Trinajstić information content (AvgIpc) is 3.29. The molecule has 2 atom stereocenters. The summed E-state index contributed by atoms with van der Waals surface area (Å²) in [4.78, 5) is 37.1. The van der Waals surface area contributed by atoms with Crippen molar-refractivity contribution in [3.05, 3.63) is 85.1 Å². The third-order valence-corrected chi connectivity index (χ3v) is 11.1. The Kier molecular flexibility index (Phi) is 46.3. The third-order valence-electron chi connectivity index (χ3n) is 11.1. The summed E-state index contributed by atoms with van der Waals surface area (Å²) in [6.07, 6.45) is 60.9. The standard InChI is InChI=1S/C58H99NO8/c1-6-8-10-12-14-16-18-20-21-22-23-24-25-26-27-28-29-30-31-32-33-34-35-37-38-40-42-44-46-48-55(60)65-52-54(53-66-58(57(62)63)64-51-50-59(3,4)5)67-56(61)49-47-45-43-41-39-36-19-17-15-13-11-9-7-2/h9,11,15,17-18,20,22-23,25-26,36,39,43,45,54,58H,6-8,10,12-14,16,19,21,24,27-35,37-38,40-42,44,46-53H2,1-5H3/b11-9-,17-15-,20-18-,23-22-,26-25-,39-36-,45-43-. The molecule has 0 spiro atoms. The highest BCUT2D eigenvalue weighted by atomic mass is 16.7. The minimum atomic E-state index is -1.64. The minimum Gasteiger partial charge on any atom is -0.545 e. The molecule has 0 aliphatic heterocycles. The predicted molar refractivity (Wildman–Crippen MR) is 278 cm³/mol. The van der Waals surface area contributed by atoms with Crippen molar-refractivity contribution in [1.82, 2.24) is 0 Å². The van der Waals surface area contributed by atoms with Crippen LogP contribution in [0.25, 0.3) is 0 Å². The van der Waals surface area contributed by atoms with Crippen molar-refractivity contribution in [2.75, 3.05) is 47.5 Å². The van der Waals surface area contributed by atoms with E-state index in [0.29, 0.717) is 17.4 Å². The zero-order valence-corrected chi connectivity index (χ0v) is 43.5. The second-order valence-corrected chi connectivity index (χ2v) is 18.8. The van der Waals surface area contributed by atoms with Crippen LogP contribution in [0.1, 0.15) is 206 Å². The number of quaternary nitrogens is 1. The molecule has 0 aromatic heterocycles. The van der Waals surface area contributed by atoms with Gasteiger partial charge in [0.1, 0.15) is 13.2 Å². The molecule has 0 radical (unpaired) electrons. The Morgan fingerprint density at radius 2 is 0.881 bits per heavy atom. The molecule has 0 saturated heterocycles. The van der Waals surface area contributed by atoms with Gasteiger partial charge in [0, 0.05) is 12.8 Å². The van der Waals surface area contributed by atoms with Gasteiger partial charge in [-0.2, -0.15) is 0 Å². The van der Waals surface area contributed by atoms with Crippen LogP contribution in [0, 0.1) is 0 Å². The Morgan fingerprint density at radius 3 is 1.33 bits per heavy atom. The van der Waals surface area contributed by atoms with Gasteiger partial charge >= 0.3 is 11.9 Å². The number of hydrogen-bond donors (Lipinski definition) is 0. The zero-order chi connectivity index (χ0) is 49.2. The fourth-order valence-corrected chi connectivity index (χ4v) is 7.03. The van der Waals surface area contributed by atoms with Crippen molar-refractivity contribution in [2.45, 2.75) is 219 Å². The molecule has 384 valence electrons. The van der Waals surface area contributed by atoms with Crippen LogP contribution in [0.15, 0.2) is 85.1 Å². The maximum Gasteiger partial charge on any atom is 0.306 e. The first-order valence-corrected chi connectivity index (χ1v) is 26.7. The predicted octanol–water partition coefficient (Wildman–Crippen LogP) is 13.9. The molecule has 0 aliphatic carbocycles. The van der Waals surface area contributed by atoms with Gasteiger partial charge in [-0.25, -0.2) is 0 Å². The van der Waals surface area contributed by atoms with E-state index in [-0.39, 0.29) is 38.6 Å². The van der Waals surface area contributed by atoms with Gasteiger partial charge in [-0.3, -0.25) is 9.59 Å². The molecule has 0 saturated carbocycles. The van der Waals surface area contributed by atoms with Crippen LogP contribution in [0.5, 0.6) is 0 Å². The number of carboxylic acid groups (broad SMARTS) is 1. The Morgan fingerprint density at radius 1 is 0.463 bits per heavy atom. The van der Waals surface area contributed by atoms with E-state index in [1.54, 1.807) is 0 Å². The maximum atomic E-state index is 12.7. The lowest BCUT2D eigenvalue weighted by Crippen LogP contribution is -2.44. The third kappa shape index (κ3) is 50.2. The second-order valence-electron chi connectivity index (χ2n) is 18.8. The van der Waals surface area contributed by atoms with Crippen LogP contribution in [0.2, 0.25) is 0 Å². The van der Waals surface area contributed by atoms with E-state index in [1.807, 2.05) is 33.3 Å². The van der Waals surface area contributed by atoms with Gasteiger partial charge in [0.15, 0.2) is 12.4 Å². The van der Waals surface area contributed by atoms with Gasteiger partial charge in [-0.15, -0.1) is 0 Å². The number of ether oxygens (including phenoxy) is 4. The zero-order valence-electron chi connectivity index (χ0n) is 43.5. The molecule has 0 N–H and O–H groups in total. The van der Waals surface area contributed by atoms with Gasteiger partial charge in [-0.1, -0.05) is 202 Å². The average molecular weight is 938 g/mol. The molecule has 0 aliphatic rings. The lowest BCUT2D eigenvalue weighted by atomic mass is 10.0. The molecule has 0 bridgehead atoms. The van der Waals surface area contributed by atoms with Crippen LogP contribution in [0.4, 0.5) is 0 Å². The van der Waals surface area contributed by atoms with Crippen molar-refractivity contribution >= 4 is 17.9 Å². The molecule has 0 fully saturated rings. The molecule has 9 nitrogen and oxygen atoms in total. The van der Waals surface area contributed by atoms with Crippen LogP contribution in [-0.2, 0) is 33.3 Å². The van der Waals surface area contributed by atoms with Crippen molar-refractivity contribution in [1.29, 1.82) is 0 Å². The number of carbonyl (C=O) groups excluding carboxylic acids is 3. The van der Waals surface area contributed by atoms with E-state index < -0.39 is 24.3 Å². The Labute approximate surface area is 410 Å². The number of likely N-dealkylation sites (N-methyl/N-ethyl adjacent to an activating group) is 1. The highest BCUT2D eigenvalue weighted by molar-refractivity contribution is 5.70. The summed E-state index contributed by atoms with van der Waals surface area (Å²) in [5.74, 6) is -2.40. The van der Waals surface area contributed by atoms with Crippen LogP contribution < -0.4 is 5.11 Å². The fourth-order valence-electron chi connectivity index (χ4n) is 7.03. The fraction of sp³-hybridized carbons (Fsp3) is 0.707. The largest absolute Gasteiger partial charge is 0.545 e. The summed E-state index contributed by atoms with van der Waals surface area (Å²) in [5, 5.41) is 11.7. The van der Waals surface area contributed by atoms with Crippen LogP contribution >= 0.6 is 0 Å². The first kappa shape index (κ1) is 63.5. The quantitative estimate of drug-likeness (QED) is 0.0195. The van der Waals surface area contributed by atoms with Gasteiger partial charge < -0.3 is 33.3 Å². The van der Waals surface area contributed by atoms with Crippen molar-refractivity contribution < 1.29 is 42.9 Å². The molecule has 0 aromatic carbocycles. The first-order valence-electron chi connectivity index (χ1n) is 26.7. The highest BCUT2D eigenvalue weighted by Crippen LogP contribution is 2.15. The molecule has 0 amide bonds. The topological polar surface area (TPSA) is 111 Å². The molecule has 0 rings (SSSR count).